The van der Waals surface area contributed by atoms with Gasteiger partial charge < -0.3 is 4.79 Å². The number of allylic oxidation sites excluding steroid dienone is 1. The third-order valence-corrected chi connectivity index (χ3v) is 12.4. The van der Waals surface area contributed by atoms with E-state index >= 15 is 0 Å². The van der Waals surface area contributed by atoms with E-state index in [4.69, 9.17) is 0 Å². The summed E-state index contributed by atoms with van der Waals surface area (Å²) in [6.07, 6.45) is 5.62. The van der Waals surface area contributed by atoms with Crippen LogP contribution in [0.25, 0.3) is 0 Å². The fourth-order valence-electron chi connectivity index (χ4n) is 2.51. The summed E-state index contributed by atoms with van der Waals surface area (Å²) in [6.45, 7) is 23.3. The van der Waals surface area contributed by atoms with Crippen molar-refractivity contribution in [1.82, 2.24) is 0 Å². The molecular formula is C20H43IO. The monoisotopic (exact) mass is 426 g/mol. The maximum atomic E-state index is 9.40. The van der Waals surface area contributed by atoms with Gasteiger partial charge in [-0.3, -0.25) is 0 Å². The van der Waals surface area contributed by atoms with Gasteiger partial charge in [-0.15, -0.1) is 6.58 Å². The van der Waals surface area contributed by atoms with E-state index in [9.17, 15) is 4.79 Å². The van der Waals surface area contributed by atoms with Crippen molar-refractivity contribution in [3.05, 3.63) is 12.2 Å². The Morgan fingerprint density at radius 2 is 1.64 bits per heavy atom. The van der Waals surface area contributed by atoms with Gasteiger partial charge >= 0.3 is 78.6 Å². The quantitative estimate of drug-likeness (QED) is 0.199. The second-order valence-electron chi connectivity index (χ2n) is 5.78. The van der Waals surface area contributed by atoms with Crippen molar-refractivity contribution in [3.63, 3.8) is 0 Å². The number of carbonyl (C=O) groups excluding carboxylic acids is 1. The molecule has 1 fully saturated rings. The first kappa shape index (κ1) is 27.0. The van der Waals surface area contributed by atoms with Crippen molar-refractivity contribution in [2.24, 2.45) is 5.92 Å². The summed E-state index contributed by atoms with van der Waals surface area (Å²) in [5, 5.41) is 0. The molecule has 0 N–H and O–H groups in total. The fourth-order valence-corrected chi connectivity index (χ4v) is 11.2. The van der Waals surface area contributed by atoms with Crippen LogP contribution in [0, 0.1) is 5.92 Å². The van der Waals surface area contributed by atoms with Gasteiger partial charge in [0.05, 0.1) is 0 Å². The molecule has 1 aliphatic heterocycles. The smallest absolute Gasteiger partial charge is 0.119 e. The van der Waals surface area contributed by atoms with E-state index in [1.165, 1.54) is 22.3 Å². The van der Waals surface area contributed by atoms with Crippen molar-refractivity contribution < 1.29 is 4.79 Å². The number of alkyl halides is 3. The van der Waals surface area contributed by atoms with Crippen LogP contribution in [-0.2, 0) is 4.79 Å². The van der Waals surface area contributed by atoms with Crippen LogP contribution in [0.15, 0.2) is 12.2 Å². The van der Waals surface area contributed by atoms with Gasteiger partial charge in [0.1, 0.15) is 6.29 Å². The van der Waals surface area contributed by atoms with Crippen LogP contribution < -0.4 is 0 Å². The summed E-state index contributed by atoms with van der Waals surface area (Å²) in [4.78, 5) is 9.40. The molecule has 0 amide bonds. The zero-order valence-electron chi connectivity index (χ0n) is 16.8. The molecule has 0 aromatic rings. The normalized spacial score (nSPS) is 23.9. The summed E-state index contributed by atoms with van der Waals surface area (Å²) < 4.78 is 3.87. The van der Waals surface area contributed by atoms with Crippen LogP contribution in [0.2, 0.25) is 0 Å². The molecule has 0 saturated carbocycles. The Kier molecular flexibility index (Phi) is 23.6. The summed E-state index contributed by atoms with van der Waals surface area (Å²) in [6, 6.07) is 0. The molecule has 0 aliphatic carbocycles. The van der Waals surface area contributed by atoms with Crippen LogP contribution in [-0.4, -0.2) is 18.6 Å². The van der Waals surface area contributed by atoms with Gasteiger partial charge in [0, 0.05) is 6.42 Å². The van der Waals surface area contributed by atoms with Crippen molar-refractivity contribution in [1.29, 1.82) is 0 Å². The standard InChI is InChI=1S/C10H21I.C4H8O.C4H8.C2H6/c1-5-10-8(3)7-9(4)11(10)6-2;1-2-3-4-5;1-4(2)3;1-2/h8-10H,5-7H2,1-4H3;4H,2-3H2,1H3;1H2,2-3H3;1-2H3. The molecule has 22 heavy (non-hydrogen) atoms. The Labute approximate surface area is 149 Å². The molecule has 1 heterocycles. The molecule has 3 unspecified atom stereocenters. The van der Waals surface area contributed by atoms with Gasteiger partial charge in [-0.2, -0.15) is 0 Å². The summed E-state index contributed by atoms with van der Waals surface area (Å²) in [5.74, 6) is 1.06. The van der Waals surface area contributed by atoms with E-state index in [2.05, 4.69) is 34.3 Å². The maximum absolute atomic E-state index is 9.40. The molecule has 0 radical (unpaired) electrons. The number of rotatable bonds is 4. The molecule has 1 saturated heterocycles. The van der Waals surface area contributed by atoms with Gasteiger partial charge in [-0.1, -0.05) is 26.3 Å². The molecule has 1 rings (SSSR count). The molecule has 0 spiro atoms. The molecule has 3 atom stereocenters. The molecule has 0 aromatic heterocycles. The van der Waals surface area contributed by atoms with Crippen LogP contribution in [0.1, 0.15) is 88.0 Å². The van der Waals surface area contributed by atoms with E-state index in [1.807, 2.05) is 34.6 Å². The molecule has 1 aliphatic rings. The number of aldehydes is 1. The van der Waals surface area contributed by atoms with Gasteiger partial charge in [0.15, 0.2) is 0 Å². The SMILES string of the molecule is C=C(C)C.CC.CCC1C(C)CC(C)I1CC.CCCC=O. The minimum atomic E-state index is -0.500. The first-order chi connectivity index (χ1) is 10.3. The molecule has 136 valence electrons. The van der Waals surface area contributed by atoms with Crippen LogP contribution in [0.5, 0.6) is 0 Å². The number of halogens is 1. The zero-order chi connectivity index (χ0) is 18.1. The summed E-state index contributed by atoms with van der Waals surface area (Å²) in [7, 11) is 0. The third kappa shape index (κ3) is 15.1. The largest absolute Gasteiger partial charge is 0.303 e. The zero-order valence-corrected chi connectivity index (χ0v) is 19.0. The number of hydrogen-bond donors (Lipinski definition) is 0. The number of unbranched alkanes of at least 4 members (excludes halogenated alkanes) is 1. The molecular weight excluding hydrogens is 383 g/mol. The van der Waals surface area contributed by atoms with Gasteiger partial charge in [-0.05, 0) is 20.3 Å². The minimum absolute atomic E-state index is 0.500. The van der Waals surface area contributed by atoms with E-state index in [0.29, 0.717) is 6.42 Å². The first-order valence-corrected chi connectivity index (χ1v) is 13.1. The number of hydrogen-bond acceptors (Lipinski definition) is 1. The average Bonchev–Trinajstić information content (AvgIpc) is 2.75. The van der Waals surface area contributed by atoms with Gasteiger partial charge in [-0.25, -0.2) is 0 Å². The molecule has 1 nitrogen and oxygen atoms in total. The third-order valence-electron chi connectivity index (χ3n) is 3.26. The second-order valence-corrected chi connectivity index (χ2v) is 13.5. The van der Waals surface area contributed by atoms with E-state index in [1.54, 1.807) is 4.43 Å². The Hall–Kier alpha value is 0.140. The van der Waals surface area contributed by atoms with Crippen LogP contribution in [0.4, 0.5) is 0 Å². The van der Waals surface area contributed by atoms with E-state index < -0.39 is 19.8 Å². The van der Waals surface area contributed by atoms with Gasteiger partial charge in [0.25, 0.3) is 0 Å². The summed E-state index contributed by atoms with van der Waals surface area (Å²) in [5.41, 5.74) is 1.17. The average molecular weight is 426 g/mol. The van der Waals surface area contributed by atoms with Gasteiger partial charge in [0.2, 0.25) is 0 Å². The van der Waals surface area contributed by atoms with Crippen LogP contribution >= 0.6 is 19.8 Å². The number of carbonyl (C=O) groups is 1. The molecule has 2 heteroatoms. The van der Waals surface area contributed by atoms with E-state index in [-0.39, 0.29) is 0 Å². The van der Waals surface area contributed by atoms with Crippen LogP contribution in [0.3, 0.4) is 0 Å². The molecule has 0 aromatic carbocycles. The van der Waals surface area contributed by atoms with Crippen molar-refractivity contribution in [2.75, 3.05) is 4.43 Å². The second kappa shape index (κ2) is 19.2. The topological polar surface area (TPSA) is 17.1 Å². The van der Waals surface area contributed by atoms with E-state index in [0.717, 1.165) is 22.5 Å². The Balaban J connectivity index is -0.000000276. The maximum Gasteiger partial charge on any atom is 0.119 e. The Bertz CT molecular complexity index is 232. The van der Waals surface area contributed by atoms with Crippen molar-refractivity contribution in [3.8, 4) is 0 Å². The first-order valence-electron chi connectivity index (χ1n) is 9.04. The molecule has 0 bridgehead atoms. The summed E-state index contributed by atoms with van der Waals surface area (Å²) >= 11 is -0.500. The minimum Gasteiger partial charge on any atom is -0.303 e. The van der Waals surface area contributed by atoms with Crippen molar-refractivity contribution >= 4 is 26.1 Å². The predicted molar refractivity (Wildman–Crippen MR) is 115 cm³/mol. The Morgan fingerprint density at radius 3 is 1.82 bits per heavy atom. The van der Waals surface area contributed by atoms with Crippen molar-refractivity contribution in [2.45, 2.75) is 95.8 Å². The Morgan fingerprint density at radius 1 is 1.18 bits per heavy atom. The fraction of sp³-hybridized carbons (Fsp3) is 0.850. The predicted octanol–water partition coefficient (Wildman–Crippen LogP) is 7.31.